The van der Waals surface area contributed by atoms with Gasteiger partial charge in [-0.2, -0.15) is 0 Å². The molecule has 0 saturated heterocycles. The summed E-state index contributed by atoms with van der Waals surface area (Å²) in [5.74, 6) is 0. The summed E-state index contributed by atoms with van der Waals surface area (Å²) in [5.41, 5.74) is 2.33. The van der Waals surface area contributed by atoms with E-state index in [-0.39, 0.29) is 0 Å². The Bertz CT molecular complexity index is 495. The van der Waals surface area contributed by atoms with Gasteiger partial charge >= 0.3 is 0 Å². The monoisotopic (exact) mass is 294 g/mol. The summed E-state index contributed by atoms with van der Waals surface area (Å²) in [6.45, 7) is 2.91. The second kappa shape index (κ2) is 5.42. The van der Waals surface area contributed by atoms with E-state index in [1.165, 1.54) is 5.56 Å². The Morgan fingerprint density at radius 2 is 2.29 bits per heavy atom. The zero-order valence-electron chi connectivity index (χ0n) is 9.89. The van der Waals surface area contributed by atoms with Crippen LogP contribution in [0.3, 0.4) is 0 Å². The third-order valence-electron chi connectivity index (χ3n) is 2.75. The van der Waals surface area contributed by atoms with Crippen LogP contribution in [-0.4, -0.2) is 15.0 Å². The Morgan fingerprint density at radius 3 is 2.94 bits per heavy atom. The summed E-state index contributed by atoms with van der Waals surface area (Å²) in [6, 6.07) is 8.61. The summed E-state index contributed by atoms with van der Waals surface area (Å²) < 4.78 is 2.88. The molecule has 4 nitrogen and oxygen atoms in total. The highest BCUT2D eigenvalue weighted by Gasteiger charge is 2.06. The molecule has 0 amide bonds. The SMILES string of the molecule is C[C@@H](NCc1cnnn1C)c1cccc(Br)c1. The fraction of sp³-hybridized carbons (Fsp3) is 0.333. The van der Waals surface area contributed by atoms with Crippen molar-refractivity contribution in [2.75, 3.05) is 0 Å². The molecular weight excluding hydrogens is 280 g/mol. The number of benzene rings is 1. The predicted molar refractivity (Wildman–Crippen MR) is 70.4 cm³/mol. The molecule has 0 aliphatic heterocycles. The molecule has 0 aliphatic rings. The first-order valence-corrected chi connectivity index (χ1v) is 6.28. The molecule has 90 valence electrons. The Morgan fingerprint density at radius 1 is 1.47 bits per heavy atom. The highest BCUT2D eigenvalue weighted by atomic mass is 79.9. The number of rotatable bonds is 4. The lowest BCUT2D eigenvalue weighted by molar-refractivity contribution is 0.546. The lowest BCUT2D eigenvalue weighted by atomic mass is 10.1. The molecule has 0 unspecified atom stereocenters. The minimum absolute atomic E-state index is 0.294. The highest BCUT2D eigenvalue weighted by molar-refractivity contribution is 9.10. The Balaban J connectivity index is 1.98. The quantitative estimate of drug-likeness (QED) is 0.942. The van der Waals surface area contributed by atoms with Crippen LogP contribution in [0.15, 0.2) is 34.9 Å². The van der Waals surface area contributed by atoms with Gasteiger partial charge in [-0.3, -0.25) is 4.68 Å². The summed E-state index contributed by atoms with van der Waals surface area (Å²) in [6.07, 6.45) is 1.78. The molecule has 0 spiro atoms. The molecule has 0 radical (unpaired) electrons. The first-order chi connectivity index (χ1) is 8.16. The third-order valence-corrected chi connectivity index (χ3v) is 3.24. The van der Waals surface area contributed by atoms with E-state index in [4.69, 9.17) is 0 Å². The zero-order valence-corrected chi connectivity index (χ0v) is 11.5. The molecule has 17 heavy (non-hydrogen) atoms. The number of nitrogens with zero attached hydrogens (tertiary/aromatic N) is 3. The van der Waals surface area contributed by atoms with Crippen molar-refractivity contribution in [3.63, 3.8) is 0 Å². The second-order valence-corrected chi connectivity index (χ2v) is 4.92. The van der Waals surface area contributed by atoms with Crippen molar-refractivity contribution in [2.45, 2.75) is 19.5 Å². The van der Waals surface area contributed by atoms with Gasteiger partial charge in [0.05, 0.1) is 11.9 Å². The smallest absolute Gasteiger partial charge is 0.0738 e. The maximum Gasteiger partial charge on any atom is 0.0738 e. The van der Waals surface area contributed by atoms with Crippen LogP contribution in [0, 0.1) is 0 Å². The number of aryl methyl sites for hydroxylation is 1. The van der Waals surface area contributed by atoms with Crippen molar-refractivity contribution in [1.29, 1.82) is 0 Å². The van der Waals surface area contributed by atoms with Crippen molar-refractivity contribution in [3.05, 3.63) is 46.2 Å². The van der Waals surface area contributed by atoms with Crippen LogP contribution in [0.25, 0.3) is 0 Å². The number of hydrogen-bond donors (Lipinski definition) is 1. The molecule has 1 aromatic heterocycles. The van der Waals surface area contributed by atoms with Crippen molar-refractivity contribution in [3.8, 4) is 0 Å². The molecule has 5 heteroatoms. The number of halogens is 1. The fourth-order valence-corrected chi connectivity index (χ4v) is 2.04. The lowest BCUT2D eigenvalue weighted by Gasteiger charge is -2.14. The molecule has 0 saturated carbocycles. The van der Waals surface area contributed by atoms with Crippen molar-refractivity contribution in [1.82, 2.24) is 20.3 Å². The van der Waals surface area contributed by atoms with Crippen LogP contribution < -0.4 is 5.32 Å². The molecule has 0 bridgehead atoms. The summed E-state index contributed by atoms with van der Waals surface area (Å²) in [5, 5.41) is 11.2. The van der Waals surface area contributed by atoms with Gasteiger partial charge in [-0.05, 0) is 24.6 Å². The van der Waals surface area contributed by atoms with Gasteiger partial charge in [0.1, 0.15) is 0 Å². The molecule has 1 heterocycles. The van der Waals surface area contributed by atoms with E-state index in [0.717, 1.165) is 16.7 Å². The van der Waals surface area contributed by atoms with Crippen LogP contribution in [-0.2, 0) is 13.6 Å². The molecule has 0 aliphatic carbocycles. The van der Waals surface area contributed by atoms with E-state index in [0.29, 0.717) is 6.04 Å². The fourth-order valence-electron chi connectivity index (χ4n) is 1.62. The van der Waals surface area contributed by atoms with Gasteiger partial charge in [-0.25, -0.2) is 0 Å². The molecule has 1 N–H and O–H groups in total. The van der Waals surface area contributed by atoms with Crippen LogP contribution in [0.4, 0.5) is 0 Å². The largest absolute Gasteiger partial charge is 0.305 e. The minimum Gasteiger partial charge on any atom is -0.305 e. The Kier molecular flexibility index (Phi) is 3.91. The molecular formula is C12H15BrN4. The molecule has 0 fully saturated rings. The maximum absolute atomic E-state index is 3.90. The maximum atomic E-state index is 3.90. The van der Waals surface area contributed by atoms with Crippen LogP contribution >= 0.6 is 15.9 Å². The topological polar surface area (TPSA) is 42.7 Å². The van der Waals surface area contributed by atoms with Gasteiger partial charge < -0.3 is 5.32 Å². The summed E-state index contributed by atoms with van der Waals surface area (Å²) in [7, 11) is 1.90. The Hall–Kier alpha value is -1.20. The molecule has 1 aromatic carbocycles. The van der Waals surface area contributed by atoms with Gasteiger partial charge in [-0.15, -0.1) is 5.10 Å². The standard InChI is InChI=1S/C12H15BrN4/c1-9(10-4-3-5-11(13)6-10)14-7-12-8-15-16-17(12)2/h3-6,8-9,14H,7H2,1-2H3/t9-/m1/s1. The average Bonchev–Trinajstić information content (AvgIpc) is 2.72. The normalized spacial score (nSPS) is 12.6. The summed E-state index contributed by atoms with van der Waals surface area (Å²) >= 11 is 3.48. The molecule has 2 aromatic rings. The zero-order chi connectivity index (χ0) is 12.3. The van der Waals surface area contributed by atoms with Gasteiger partial charge in [0.15, 0.2) is 0 Å². The van der Waals surface area contributed by atoms with Gasteiger partial charge in [-0.1, -0.05) is 33.3 Å². The van der Waals surface area contributed by atoms with Crippen LogP contribution in [0.5, 0.6) is 0 Å². The lowest BCUT2D eigenvalue weighted by Crippen LogP contribution is -2.19. The van der Waals surface area contributed by atoms with Gasteiger partial charge in [0.2, 0.25) is 0 Å². The van der Waals surface area contributed by atoms with E-state index < -0.39 is 0 Å². The number of aromatic nitrogens is 3. The van der Waals surface area contributed by atoms with Crippen molar-refractivity contribution < 1.29 is 0 Å². The second-order valence-electron chi connectivity index (χ2n) is 4.01. The minimum atomic E-state index is 0.294. The van der Waals surface area contributed by atoms with E-state index in [2.05, 4.69) is 50.6 Å². The number of nitrogens with one attached hydrogen (secondary N) is 1. The van der Waals surface area contributed by atoms with Crippen LogP contribution in [0.2, 0.25) is 0 Å². The summed E-state index contributed by atoms with van der Waals surface area (Å²) in [4.78, 5) is 0. The van der Waals surface area contributed by atoms with Crippen molar-refractivity contribution in [2.24, 2.45) is 7.05 Å². The first-order valence-electron chi connectivity index (χ1n) is 5.49. The van der Waals surface area contributed by atoms with E-state index in [1.54, 1.807) is 10.9 Å². The third kappa shape index (κ3) is 3.14. The van der Waals surface area contributed by atoms with Gasteiger partial charge in [0.25, 0.3) is 0 Å². The van der Waals surface area contributed by atoms with Crippen LogP contribution in [0.1, 0.15) is 24.2 Å². The highest BCUT2D eigenvalue weighted by Crippen LogP contribution is 2.18. The van der Waals surface area contributed by atoms with E-state index in [1.807, 2.05) is 19.2 Å². The van der Waals surface area contributed by atoms with E-state index in [9.17, 15) is 0 Å². The average molecular weight is 295 g/mol. The van der Waals surface area contributed by atoms with E-state index >= 15 is 0 Å². The molecule has 2 rings (SSSR count). The Labute approximate surface area is 109 Å². The predicted octanol–water partition coefficient (Wildman–Crippen LogP) is 2.43. The number of hydrogen-bond acceptors (Lipinski definition) is 3. The molecule has 1 atom stereocenters. The van der Waals surface area contributed by atoms with Crippen molar-refractivity contribution >= 4 is 15.9 Å². The first kappa shape index (κ1) is 12.3. The van der Waals surface area contributed by atoms with Gasteiger partial charge in [0, 0.05) is 24.1 Å².